The first-order chi connectivity index (χ1) is 19.8. The van der Waals surface area contributed by atoms with E-state index in [4.69, 9.17) is 18.9 Å². The molecular formula is C31H50N4O8. The zero-order chi connectivity index (χ0) is 32.6. The number of nitrogens with zero attached hydrogens (tertiary/aromatic N) is 4. The molecule has 0 radical (unpaired) electrons. The van der Waals surface area contributed by atoms with E-state index < -0.39 is 41.1 Å². The van der Waals surface area contributed by atoms with Crippen molar-refractivity contribution in [3.63, 3.8) is 0 Å². The van der Waals surface area contributed by atoms with Crippen LogP contribution in [0, 0.1) is 0 Å². The molecular weight excluding hydrogens is 556 g/mol. The Morgan fingerprint density at radius 1 is 0.581 bits per heavy atom. The maximum Gasteiger partial charge on any atom is 0.410 e. The molecule has 0 N–H and O–H groups in total. The number of carbonyl (C=O) groups is 4. The molecule has 1 heterocycles. The van der Waals surface area contributed by atoms with Gasteiger partial charge in [-0.2, -0.15) is 0 Å². The van der Waals surface area contributed by atoms with E-state index in [1.54, 1.807) is 90.3 Å². The van der Waals surface area contributed by atoms with Crippen LogP contribution in [-0.4, -0.2) is 115 Å². The van der Waals surface area contributed by atoms with E-state index in [1.807, 2.05) is 11.0 Å². The lowest BCUT2D eigenvalue weighted by molar-refractivity contribution is 0.00807. The minimum Gasteiger partial charge on any atom is -0.465 e. The van der Waals surface area contributed by atoms with E-state index in [2.05, 4.69) is 0 Å². The number of carbonyl (C=O) groups excluding carboxylic acids is 4. The van der Waals surface area contributed by atoms with E-state index in [9.17, 15) is 19.2 Å². The maximum absolute atomic E-state index is 13.3. The lowest BCUT2D eigenvalue weighted by Gasteiger charge is -2.36. The summed E-state index contributed by atoms with van der Waals surface area (Å²) in [5.41, 5.74) is -1.05. The number of esters is 1. The average Bonchev–Trinajstić information content (AvgIpc) is 2.85. The summed E-state index contributed by atoms with van der Waals surface area (Å²) in [5.74, 6) is -0.468. The van der Waals surface area contributed by atoms with Gasteiger partial charge in [-0.1, -0.05) is 6.07 Å². The van der Waals surface area contributed by atoms with Crippen LogP contribution < -0.4 is 4.90 Å². The highest BCUT2D eigenvalue weighted by Crippen LogP contribution is 2.20. The van der Waals surface area contributed by atoms with Gasteiger partial charge in [-0.15, -0.1) is 0 Å². The summed E-state index contributed by atoms with van der Waals surface area (Å²) in [5, 5.41) is 0. The van der Waals surface area contributed by atoms with Gasteiger partial charge in [0, 0.05) is 58.0 Å². The second-order valence-corrected chi connectivity index (χ2v) is 13.4. The van der Waals surface area contributed by atoms with Crippen molar-refractivity contribution in [3.8, 4) is 0 Å². The van der Waals surface area contributed by atoms with Gasteiger partial charge in [0.2, 0.25) is 0 Å². The number of methoxy groups -OCH3 is 1. The van der Waals surface area contributed by atoms with E-state index in [0.717, 1.165) is 5.69 Å². The molecule has 1 aromatic carbocycles. The van der Waals surface area contributed by atoms with Crippen LogP contribution in [-0.2, 0) is 18.9 Å². The molecule has 1 aliphatic rings. The van der Waals surface area contributed by atoms with Crippen molar-refractivity contribution in [2.45, 2.75) is 79.1 Å². The Labute approximate surface area is 256 Å². The summed E-state index contributed by atoms with van der Waals surface area (Å²) in [6, 6.07) is 7.00. The maximum atomic E-state index is 13.3. The fourth-order valence-electron chi connectivity index (χ4n) is 4.15. The molecule has 3 amide bonds. The minimum atomic E-state index is -0.726. The Balaban J connectivity index is 2.47. The predicted octanol–water partition coefficient (Wildman–Crippen LogP) is 5.00. The molecule has 1 aromatic rings. The number of hydrogen-bond donors (Lipinski definition) is 0. The van der Waals surface area contributed by atoms with Crippen molar-refractivity contribution in [2.75, 3.05) is 64.4 Å². The second-order valence-electron chi connectivity index (χ2n) is 13.4. The average molecular weight is 607 g/mol. The zero-order valence-electron chi connectivity index (χ0n) is 27.5. The highest BCUT2D eigenvalue weighted by Gasteiger charge is 2.29. The Kier molecular flexibility index (Phi) is 12.1. The van der Waals surface area contributed by atoms with E-state index in [-0.39, 0.29) is 39.3 Å². The molecule has 0 spiro atoms. The molecule has 0 aliphatic carbocycles. The Hall–Kier alpha value is -3.70. The van der Waals surface area contributed by atoms with Crippen LogP contribution in [0.3, 0.4) is 0 Å². The third kappa shape index (κ3) is 12.6. The number of rotatable bonds is 2. The molecule has 0 saturated carbocycles. The topological polar surface area (TPSA) is 118 Å². The van der Waals surface area contributed by atoms with Crippen LogP contribution in [0.5, 0.6) is 0 Å². The van der Waals surface area contributed by atoms with Gasteiger partial charge in [0.25, 0.3) is 0 Å². The molecule has 0 aromatic heterocycles. The highest BCUT2D eigenvalue weighted by molar-refractivity contribution is 5.90. The van der Waals surface area contributed by atoms with Gasteiger partial charge in [-0.3, -0.25) is 0 Å². The minimum absolute atomic E-state index is 0.161. The second kappa shape index (κ2) is 14.7. The quantitative estimate of drug-likeness (QED) is 0.338. The molecule has 0 atom stereocenters. The Bertz CT molecular complexity index is 1080. The fraction of sp³-hybridized carbons (Fsp3) is 0.677. The van der Waals surface area contributed by atoms with Crippen molar-refractivity contribution in [2.24, 2.45) is 0 Å². The first-order valence-electron chi connectivity index (χ1n) is 14.6. The van der Waals surface area contributed by atoms with Crippen molar-refractivity contribution in [3.05, 3.63) is 29.8 Å². The van der Waals surface area contributed by atoms with E-state index in [0.29, 0.717) is 18.7 Å². The number of ether oxygens (including phenoxy) is 4. The number of anilines is 1. The Morgan fingerprint density at radius 2 is 0.930 bits per heavy atom. The SMILES string of the molecule is COC(=O)c1cccc(N2CCN(C(=O)OC(C)(C)C)CCN(C(=O)OC(C)(C)C)CCN(C(=O)OC(C)(C)C)CC2)c1. The molecule has 1 saturated heterocycles. The molecule has 12 nitrogen and oxygen atoms in total. The lowest BCUT2D eigenvalue weighted by atomic mass is 10.2. The normalized spacial score (nSPS) is 16.0. The van der Waals surface area contributed by atoms with Crippen molar-refractivity contribution < 1.29 is 38.1 Å². The molecule has 0 bridgehead atoms. The summed E-state index contributed by atoms with van der Waals surface area (Å²) in [4.78, 5) is 58.6. The van der Waals surface area contributed by atoms with Crippen LogP contribution in [0.2, 0.25) is 0 Å². The predicted molar refractivity (Wildman–Crippen MR) is 163 cm³/mol. The summed E-state index contributed by atoms with van der Waals surface area (Å²) in [6.45, 7) is 18.0. The largest absolute Gasteiger partial charge is 0.465 e. The summed E-state index contributed by atoms with van der Waals surface area (Å²) >= 11 is 0. The first kappa shape index (κ1) is 35.5. The van der Waals surface area contributed by atoms with E-state index in [1.165, 1.54) is 12.0 Å². The lowest BCUT2D eigenvalue weighted by Crippen LogP contribution is -2.51. The standard InChI is InChI=1S/C31H50N4O8/c1-29(2,3)41-26(37)33-16-14-32(24-13-11-12-23(22-24)25(36)40-10)15-17-34(27(38)42-30(4,5)6)19-21-35(20-18-33)28(39)43-31(7,8)9/h11-13,22H,14-21H2,1-10H3. The van der Waals surface area contributed by atoms with Gasteiger partial charge >= 0.3 is 24.2 Å². The number of hydrogen-bond acceptors (Lipinski definition) is 9. The van der Waals surface area contributed by atoms with Gasteiger partial charge in [-0.25, -0.2) is 19.2 Å². The van der Waals surface area contributed by atoms with Crippen molar-refractivity contribution in [1.82, 2.24) is 14.7 Å². The third-order valence-corrected chi connectivity index (χ3v) is 6.15. The highest BCUT2D eigenvalue weighted by atomic mass is 16.6. The van der Waals surface area contributed by atoms with Crippen LogP contribution >= 0.6 is 0 Å². The molecule has 242 valence electrons. The first-order valence-corrected chi connectivity index (χ1v) is 14.6. The number of amides is 3. The van der Waals surface area contributed by atoms with Gasteiger partial charge < -0.3 is 38.5 Å². The summed E-state index contributed by atoms with van der Waals surface area (Å²) < 4.78 is 21.9. The van der Waals surface area contributed by atoms with Crippen LogP contribution in [0.4, 0.5) is 20.1 Å². The van der Waals surface area contributed by atoms with Crippen LogP contribution in [0.25, 0.3) is 0 Å². The van der Waals surface area contributed by atoms with Crippen molar-refractivity contribution in [1.29, 1.82) is 0 Å². The third-order valence-electron chi connectivity index (χ3n) is 6.15. The Morgan fingerprint density at radius 3 is 1.26 bits per heavy atom. The molecule has 2 rings (SSSR count). The smallest absolute Gasteiger partial charge is 0.410 e. The number of benzene rings is 1. The molecule has 1 fully saturated rings. The zero-order valence-corrected chi connectivity index (χ0v) is 27.5. The van der Waals surface area contributed by atoms with Crippen LogP contribution in [0.1, 0.15) is 72.7 Å². The molecule has 1 aliphatic heterocycles. The summed E-state index contributed by atoms with van der Waals surface area (Å²) in [7, 11) is 1.32. The summed E-state index contributed by atoms with van der Waals surface area (Å²) in [6.07, 6.45) is -1.56. The molecule has 12 heteroatoms. The van der Waals surface area contributed by atoms with Crippen molar-refractivity contribution >= 4 is 29.9 Å². The van der Waals surface area contributed by atoms with E-state index >= 15 is 0 Å². The molecule has 0 unspecified atom stereocenters. The van der Waals surface area contributed by atoms with Crippen LogP contribution in [0.15, 0.2) is 24.3 Å². The monoisotopic (exact) mass is 606 g/mol. The van der Waals surface area contributed by atoms with Gasteiger partial charge in [0.1, 0.15) is 16.8 Å². The van der Waals surface area contributed by atoms with Gasteiger partial charge in [0.15, 0.2) is 0 Å². The van der Waals surface area contributed by atoms with Gasteiger partial charge in [-0.05, 0) is 80.5 Å². The van der Waals surface area contributed by atoms with Gasteiger partial charge in [0.05, 0.1) is 12.7 Å². The fourth-order valence-corrected chi connectivity index (χ4v) is 4.15. The molecule has 43 heavy (non-hydrogen) atoms.